The lowest BCUT2D eigenvalue weighted by molar-refractivity contribution is 0.0197. The topological polar surface area (TPSA) is 72.6 Å². The third-order valence-electron chi connectivity index (χ3n) is 3.30. The first-order chi connectivity index (χ1) is 11.5. The fourth-order valence-corrected chi connectivity index (χ4v) is 2.67. The molecule has 2 aromatic carbocycles. The highest BCUT2D eigenvalue weighted by molar-refractivity contribution is 6.35. The number of aliphatic hydroxyl groups is 1. The second-order valence-corrected chi connectivity index (χ2v) is 6.13. The van der Waals surface area contributed by atoms with Crippen molar-refractivity contribution in [1.82, 2.24) is 4.98 Å². The quantitative estimate of drug-likeness (QED) is 0.696. The molecule has 1 heterocycles. The molecule has 0 amide bonds. The summed E-state index contributed by atoms with van der Waals surface area (Å²) in [6.45, 7) is 1.36. The van der Waals surface area contributed by atoms with Crippen molar-refractivity contribution in [3.8, 4) is 11.5 Å². The van der Waals surface area contributed by atoms with E-state index in [2.05, 4.69) is 4.98 Å². The maximum absolute atomic E-state index is 12.0. The number of hydrogen-bond donors (Lipinski definition) is 1. The van der Waals surface area contributed by atoms with Gasteiger partial charge in [-0.1, -0.05) is 23.2 Å². The summed E-state index contributed by atoms with van der Waals surface area (Å²) in [7, 11) is 0. The van der Waals surface area contributed by atoms with E-state index in [9.17, 15) is 4.79 Å². The molecule has 0 aliphatic carbocycles. The van der Waals surface area contributed by atoms with Crippen LogP contribution in [0.3, 0.4) is 0 Å². The molecule has 1 N–H and O–H groups in total. The van der Waals surface area contributed by atoms with E-state index in [4.69, 9.17) is 37.5 Å². The van der Waals surface area contributed by atoms with Gasteiger partial charge in [-0.3, -0.25) is 0 Å². The number of aliphatic hydroxyl groups excluding tert-OH is 1. The first kappa shape index (κ1) is 16.8. The number of fused-ring (bicyclic) bond motifs is 1. The lowest BCUT2D eigenvalue weighted by atomic mass is 10.2. The third kappa shape index (κ3) is 3.53. The van der Waals surface area contributed by atoms with E-state index in [-0.39, 0.29) is 6.61 Å². The van der Waals surface area contributed by atoms with Gasteiger partial charge in [-0.05, 0) is 43.3 Å². The number of halogens is 2. The molecule has 7 heteroatoms. The highest BCUT2D eigenvalue weighted by atomic mass is 35.5. The number of nitrogens with zero attached hydrogens (tertiary/aromatic N) is 1. The van der Waals surface area contributed by atoms with Crippen LogP contribution in [0, 0.1) is 0 Å². The largest absolute Gasteiger partial charge is 0.457 e. The Balaban J connectivity index is 1.95. The zero-order valence-corrected chi connectivity index (χ0v) is 14.1. The van der Waals surface area contributed by atoms with Gasteiger partial charge in [0.2, 0.25) is 5.89 Å². The fraction of sp³-hybridized carbons (Fsp3) is 0.176. The van der Waals surface area contributed by atoms with Gasteiger partial charge in [0.25, 0.3) is 0 Å². The first-order valence-electron chi connectivity index (χ1n) is 7.15. The van der Waals surface area contributed by atoms with Gasteiger partial charge in [-0.25, -0.2) is 9.78 Å². The molecule has 24 heavy (non-hydrogen) atoms. The predicted octanol–water partition coefficient (Wildman–Crippen LogP) is 4.34. The fourth-order valence-electron chi connectivity index (χ4n) is 2.14. The molecule has 1 atom stereocenters. The van der Waals surface area contributed by atoms with Crippen LogP contribution in [0.15, 0.2) is 40.8 Å². The molecule has 3 aromatic rings. The van der Waals surface area contributed by atoms with Crippen molar-refractivity contribution >= 4 is 40.3 Å². The zero-order chi connectivity index (χ0) is 17.3. The molecule has 3 rings (SSSR count). The molecule has 0 saturated heterocycles. The molecule has 0 saturated carbocycles. The standard InChI is InChI=1S/C17H13Cl2NO4/c1-9(8-21)23-17(22)10-2-3-14-15(6-10)24-16(20-14)11-4-12(18)7-13(19)5-11/h2-7,9,21H,8H2,1H3/t9-/m1/s1. The molecule has 0 spiro atoms. The number of aromatic nitrogens is 1. The van der Waals surface area contributed by atoms with Crippen LogP contribution in [0.1, 0.15) is 17.3 Å². The molecule has 1 aromatic heterocycles. The summed E-state index contributed by atoms with van der Waals surface area (Å²) in [4.78, 5) is 16.4. The zero-order valence-electron chi connectivity index (χ0n) is 12.6. The summed E-state index contributed by atoms with van der Waals surface area (Å²) < 4.78 is 10.8. The van der Waals surface area contributed by atoms with Crippen LogP contribution in [-0.2, 0) is 4.74 Å². The van der Waals surface area contributed by atoms with Crippen LogP contribution in [-0.4, -0.2) is 28.8 Å². The molecule has 0 bridgehead atoms. The number of carbonyl (C=O) groups is 1. The molecule has 0 aliphatic rings. The van der Waals surface area contributed by atoms with Crippen molar-refractivity contribution in [2.75, 3.05) is 6.61 Å². The van der Waals surface area contributed by atoms with Crippen LogP contribution in [0.25, 0.3) is 22.6 Å². The second-order valence-electron chi connectivity index (χ2n) is 5.26. The average Bonchev–Trinajstić information content (AvgIpc) is 2.96. The lowest BCUT2D eigenvalue weighted by Crippen LogP contribution is -2.18. The van der Waals surface area contributed by atoms with E-state index < -0.39 is 12.1 Å². The van der Waals surface area contributed by atoms with E-state index in [1.54, 1.807) is 43.3 Å². The molecule has 0 aliphatic heterocycles. The van der Waals surface area contributed by atoms with E-state index in [1.807, 2.05) is 0 Å². The normalized spacial score (nSPS) is 12.3. The Hall–Kier alpha value is -2.08. The molecule has 0 radical (unpaired) electrons. The summed E-state index contributed by atoms with van der Waals surface area (Å²) in [6, 6.07) is 9.79. The summed E-state index contributed by atoms with van der Waals surface area (Å²) in [5.41, 5.74) is 1.98. The number of benzene rings is 2. The summed E-state index contributed by atoms with van der Waals surface area (Å²) in [5, 5.41) is 9.90. The maximum atomic E-state index is 12.0. The Kier molecular flexibility index (Phi) is 4.76. The van der Waals surface area contributed by atoms with Gasteiger partial charge in [0.05, 0.1) is 12.2 Å². The van der Waals surface area contributed by atoms with Gasteiger partial charge in [0.1, 0.15) is 11.6 Å². The van der Waals surface area contributed by atoms with Crippen molar-refractivity contribution < 1.29 is 19.1 Å². The van der Waals surface area contributed by atoms with Gasteiger partial charge in [-0.15, -0.1) is 0 Å². The number of esters is 1. The monoisotopic (exact) mass is 365 g/mol. The Morgan fingerprint density at radius 1 is 1.25 bits per heavy atom. The smallest absolute Gasteiger partial charge is 0.338 e. The Morgan fingerprint density at radius 2 is 1.96 bits per heavy atom. The van der Waals surface area contributed by atoms with Crippen molar-refractivity contribution in [1.29, 1.82) is 0 Å². The van der Waals surface area contributed by atoms with Gasteiger partial charge in [-0.2, -0.15) is 0 Å². The minimum Gasteiger partial charge on any atom is -0.457 e. The Labute approximate surface area is 147 Å². The van der Waals surface area contributed by atoms with Crippen LogP contribution >= 0.6 is 23.2 Å². The number of carbonyl (C=O) groups excluding carboxylic acids is 1. The molecular formula is C17H13Cl2NO4. The third-order valence-corrected chi connectivity index (χ3v) is 3.74. The van der Waals surface area contributed by atoms with Crippen LogP contribution < -0.4 is 0 Å². The van der Waals surface area contributed by atoms with Gasteiger partial charge < -0.3 is 14.3 Å². The highest BCUT2D eigenvalue weighted by Gasteiger charge is 2.15. The molecule has 0 fully saturated rings. The van der Waals surface area contributed by atoms with Crippen molar-refractivity contribution in [3.63, 3.8) is 0 Å². The van der Waals surface area contributed by atoms with Crippen LogP contribution in [0.4, 0.5) is 0 Å². The SMILES string of the molecule is C[C@H](CO)OC(=O)c1ccc2nc(-c3cc(Cl)cc(Cl)c3)oc2c1. The number of hydrogen-bond acceptors (Lipinski definition) is 5. The molecule has 124 valence electrons. The number of ether oxygens (including phenoxy) is 1. The molecule has 0 unspecified atom stereocenters. The van der Waals surface area contributed by atoms with Gasteiger partial charge in [0.15, 0.2) is 5.58 Å². The number of oxazole rings is 1. The van der Waals surface area contributed by atoms with Crippen molar-refractivity contribution in [2.24, 2.45) is 0 Å². The van der Waals surface area contributed by atoms with Crippen molar-refractivity contribution in [3.05, 3.63) is 52.0 Å². The van der Waals surface area contributed by atoms with Crippen LogP contribution in [0.2, 0.25) is 10.0 Å². The number of rotatable bonds is 4. The van der Waals surface area contributed by atoms with E-state index in [0.29, 0.717) is 38.2 Å². The average molecular weight is 366 g/mol. The summed E-state index contributed by atoms with van der Waals surface area (Å²) >= 11 is 12.0. The Morgan fingerprint density at radius 3 is 2.62 bits per heavy atom. The Bertz CT molecular complexity index is 886. The minimum absolute atomic E-state index is 0.240. The molecule has 5 nitrogen and oxygen atoms in total. The lowest BCUT2D eigenvalue weighted by Gasteiger charge is -2.09. The summed E-state index contributed by atoms with van der Waals surface area (Å²) in [5.74, 6) is -0.189. The first-order valence-corrected chi connectivity index (χ1v) is 7.91. The molecular weight excluding hydrogens is 353 g/mol. The van der Waals surface area contributed by atoms with Crippen molar-refractivity contribution in [2.45, 2.75) is 13.0 Å². The van der Waals surface area contributed by atoms with E-state index in [0.717, 1.165) is 0 Å². The second kappa shape index (κ2) is 6.81. The predicted molar refractivity (Wildman–Crippen MR) is 91.4 cm³/mol. The minimum atomic E-state index is -0.577. The van der Waals surface area contributed by atoms with Gasteiger partial charge in [0, 0.05) is 15.6 Å². The van der Waals surface area contributed by atoms with Gasteiger partial charge >= 0.3 is 5.97 Å². The van der Waals surface area contributed by atoms with Crippen LogP contribution in [0.5, 0.6) is 0 Å². The summed E-state index contributed by atoms with van der Waals surface area (Å²) in [6.07, 6.45) is -0.577. The van der Waals surface area contributed by atoms with E-state index >= 15 is 0 Å². The highest BCUT2D eigenvalue weighted by Crippen LogP contribution is 2.29. The maximum Gasteiger partial charge on any atom is 0.338 e. The van der Waals surface area contributed by atoms with E-state index in [1.165, 1.54) is 0 Å².